The molecule has 1 N–H and O–H groups in total. The Balaban J connectivity index is 2.06. The second kappa shape index (κ2) is 7.75. The minimum atomic E-state index is -2.93. The highest BCUT2D eigenvalue weighted by Gasteiger charge is 2.44. The summed E-state index contributed by atoms with van der Waals surface area (Å²) in [6, 6.07) is 6.70. The number of hydrogen-bond donors (Lipinski definition) is 1. The van der Waals surface area contributed by atoms with Crippen molar-refractivity contribution in [2.75, 3.05) is 26.3 Å². The molecule has 1 fully saturated rings. The number of carbonyl (C=O) groups is 1. The minimum Gasteiger partial charge on any atom is -0.490 e. The lowest BCUT2D eigenvalue weighted by atomic mass is 9.94. The average Bonchev–Trinajstić information content (AvgIpc) is 2.54. The number of benzene rings is 1. The molecule has 132 valence electrons. The monoisotopic (exact) mass is 339 g/mol. The zero-order chi connectivity index (χ0) is 17.7. The van der Waals surface area contributed by atoms with E-state index in [4.69, 9.17) is 9.84 Å². The van der Waals surface area contributed by atoms with Gasteiger partial charge < -0.3 is 14.7 Å². The molecule has 1 saturated heterocycles. The largest absolute Gasteiger partial charge is 0.490 e. The lowest BCUT2D eigenvalue weighted by Gasteiger charge is -2.37. The molecule has 1 aliphatic rings. The van der Waals surface area contributed by atoms with Crippen LogP contribution >= 0.6 is 0 Å². The molecule has 1 atom stereocenters. The molecule has 2 rings (SSSR count). The van der Waals surface area contributed by atoms with Crippen molar-refractivity contribution in [1.82, 2.24) is 4.90 Å². The van der Waals surface area contributed by atoms with Crippen LogP contribution in [-0.4, -0.2) is 48.1 Å². The molecule has 1 amide bonds. The molecule has 0 aliphatic carbocycles. The van der Waals surface area contributed by atoms with Gasteiger partial charge in [-0.15, -0.1) is 0 Å². The maximum absolute atomic E-state index is 13.7. The Morgan fingerprint density at radius 3 is 2.88 bits per heavy atom. The van der Waals surface area contributed by atoms with Gasteiger partial charge in [0.15, 0.2) is 0 Å². The maximum Gasteiger partial charge on any atom is 0.256 e. The highest BCUT2D eigenvalue weighted by atomic mass is 19.3. The van der Waals surface area contributed by atoms with Crippen LogP contribution in [0.1, 0.15) is 30.6 Å². The molecule has 1 aromatic rings. The number of alkyl halides is 2. The van der Waals surface area contributed by atoms with E-state index in [0.717, 1.165) is 5.57 Å². The summed E-state index contributed by atoms with van der Waals surface area (Å²) in [4.78, 5) is 13.9. The van der Waals surface area contributed by atoms with E-state index in [-0.39, 0.29) is 19.0 Å². The molecule has 6 heteroatoms. The van der Waals surface area contributed by atoms with Crippen molar-refractivity contribution in [3.63, 3.8) is 0 Å². The summed E-state index contributed by atoms with van der Waals surface area (Å²) >= 11 is 0. The van der Waals surface area contributed by atoms with Gasteiger partial charge in [0.05, 0.1) is 12.5 Å². The first-order valence-electron chi connectivity index (χ1n) is 7.97. The number of aliphatic hydroxyl groups excluding tert-OH is 1. The Labute approximate surface area is 140 Å². The zero-order valence-corrected chi connectivity index (χ0v) is 14.0. The van der Waals surface area contributed by atoms with Gasteiger partial charge in [0.25, 0.3) is 11.8 Å². The Morgan fingerprint density at radius 2 is 2.21 bits per heavy atom. The van der Waals surface area contributed by atoms with Crippen molar-refractivity contribution in [2.45, 2.75) is 26.2 Å². The smallest absolute Gasteiger partial charge is 0.256 e. The van der Waals surface area contributed by atoms with E-state index in [1.165, 1.54) is 4.90 Å². The highest BCUT2D eigenvalue weighted by molar-refractivity contribution is 5.94. The van der Waals surface area contributed by atoms with Crippen LogP contribution in [0.4, 0.5) is 8.78 Å². The molecule has 1 aromatic carbocycles. The molecular weight excluding hydrogens is 316 g/mol. The topological polar surface area (TPSA) is 49.8 Å². The fourth-order valence-electron chi connectivity index (χ4n) is 2.56. The Kier molecular flexibility index (Phi) is 5.94. The molecule has 0 spiro atoms. The number of amides is 1. The first-order chi connectivity index (χ1) is 11.3. The van der Waals surface area contributed by atoms with E-state index in [9.17, 15) is 13.6 Å². The Bertz CT molecular complexity index is 612. The van der Waals surface area contributed by atoms with Gasteiger partial charge in [-0.05, 0) is 38.1 Å². The van der Waals surface area contributed by atoms with Crippen LogP contribution in [0.5, 0.6) is 5.75 Å². The number of likely N-dealkylation sites (tertiary alicyclic amines) is 1. The fraction of sp³-hybridized carbons (Fsp3) is 0.500. The van der Waals surface area contributed by atoms with E-state index >= 15 is 0 Å². The molecule has 0 unspecified atom stereocenters. The standard InChI is InChI=1S/C18H23F2NO3/c1-13(2)6-9-24-16-5-3-4-14(10-16)17(23)21-8-7-18(19,20)15(11-21)12-22/h3-6,10,15,22H,7-9,11-12H2,1-2H3/t15-/m0/s1. The van der Waals surface area contributed by atoms with Gasteiger partial charge in [-0.2, -0.15) is 0 Å². The average molecular weight is 339 g/mol. The van der Waals surface area contributed by atoms with Crippen LogP contribution in [0.25, 0.3) is 0 Å². The lowest BCUT2D eigenvalue weighted by molar-refractivity contribution is -0.113. The van der Waals surface area contributed by atoms with Gasteiger partial charge in [-0.1, -0.05) is 11.6 Å². The van der Waals surface area contributed by atoms with E-state index in [1.54, 1.807) is 24.3 Å². The van der Waals surface area contributed by atoms with Crippen molar-refractivity contribution < 1.29 is 23.4 Å². The van der Waals surface area contributed by atoms with Gasteiger partial charge in [-0.25, -0.2) is 8.78 Å². The van der Waals surface area contributed by atoms with Crippen LogP contribution < -0.4 is 4.74 Å². The van der Waals surface area contributed by atoms with E-state index in [0.29, 0.717) is 17.9 Å². The summed E-state index contributed by atoms with van der Waals surface area (Å²) < 4.78 is 32.9. The molecule has 1 aliphatic heterocycles. The van der Waals surface area contributed by atoms with E-state index < -0.39 is 24.9 Å². The van der Waals surface area contributed by atoms with E-state index in [1.807, 2.05) is 19.9 Å². The van der Waals surface area contributed by atoms with Crippen molar-refractivity contribution >= 4 is 5.91 Å². The van der Waals surface area contributed by atoms with Crippen molar-refractivity contribution in [1.29, 1.82) is 0 Å². The van der Waals surface area contributed by atoms with Crippen LogP contribution in [-0.2, 0) is 0 Å². The number of carbonyl (C=O) groups excluding carboxylic acids is 1. The first kappa shape index (κ1) is 18.4. The number of aliphatic hydroxyl groups is 1. The molecule has 24 heavy (non-hydrogen) atoms. The normalized spacial score (nSPS) is 19.7. The van der Waals surface area contributed by atoms with Crippen LogP contribution in [0.3, 0.4) is 0 Å². The van der Waals surface area contributed by atoms with Gasteiger partial charge in [0.1, 0.15) is 12.4 Å². The Morgan fingerprint density at radius 1 is 1.46 bits per heavy atom. The number of hydrogen-bond acceptors (Lipinski definition) is 3. The molecule has 0 bridgehead atoms. The quantitative estimate of drug-likeness (QED) is 0.839. The lowest BCUT2D eigenvalue weighted by Crippen LogP contribution is -2.50. The van der Waals surface area contributed by atoms with Crippen molar-refractivity contribution in [2.24, 2.45) is 5.92 Å². The van der Waals surface area contributed by atoms with Gasteiger partial charge in [0, 0.05) is 25.1 Å². The number of piperidine rings is 1. The second-order valence-corrected chi connectivity index (χ2v) is 6.26. The van der Waals surface area contributed by atoms with Crippen LogP contribution in [0, 0.1) is 5.92 Å². The first-order valence-corrected chi connectivity index (χ1v) is 7.97. The summed E-state index contributed by atoms with van der Waals surface area (Å²) in [6.45, 7) is 3.53. The SMILES string of the molecule is CC(C)=CCOc1cccc(C(=O)N2CCC(F)(F)[C@H](CO)C2)c1. The third kappa shape index (κ3) is 4.54. The molecule has 0 aromatic heterocycles. The molecule has 1 heterocycles. The number of halogens is 2. The fourth-order valence-corrected chi connectivity index (χ4v) is 2.56. The van der Waals surface area contributed by atoms with Crippen molar-refractivity contribution in [3.05, 3.63) is 41.5 Å². The van der Waals surface area contributed by atoms with Crippen LogP contribution in [0.15, 0.2) is 35.9 Å². The van der Waals surface area contributed by atoms with Gasteiger partial charge in [-0.3, -0.25) is 4.79 Å². The van der Waals surface area contributed by atoms with Gasteiger partial charge >= 0.3 is 0 Å². The van der Waals surface area contributed by atoms with Crippen LogP contribution in [0.2, 0.25) is 0 Å². The third-order valence-electron chi connectivity index (χ3n) is 4.08. The summed E-state index contributed by atoms with van der Waals surface area (Å²) in [5.41, 5.74) is 1.53. The molecule has 0 saturated carbocycles. The molecular formula is C18H23F2NO3. The number of nitrogens with zero attached hydrogens (tertiary/aromatic N) is 1. The summed E-state index contributed by atoms with van der Waals surface area (Å²) in [5.74, 6) is -3.91. The summed E-state index contributed by atoms with van der Waals surface area (Å²) in [6.07, 6.45) is 1.49. The number of ether oxygens (including phenoxy) is 1. The Hall–Kier alpha value is -1.95. The third-order valence-corrected chi connectivity index (χ3v) is 4.08. The molecule has 0 radical (unpaired) electrons. The van der Waals surface area contributed by atoms with Gasteiger partial charge in [0.2, 0.25) is 0 Å². The maximum atomic E-state index is 13.7. The van der Waals surface area contributed by atoms with Crippen molar-refractivity contribution in [3.8, 4) is 5.75 Å². The second-order valence-electron chi connectivity index (χ2n) is 6.26. The molecule has 4 nitrogen and oxygen atoms in total. The predicted octanol–water partition coefficient (Wildman–Crippen LogP) is 3.12. The minimum absolute atomic E-state index is 0.0226. The van der Waals surface area contributed by atoms with E-state index in [2.05, 4.69) is 0 Å². The number of rotatable bonds is 5. The predicted molar refractivity (Wildman–Crippen MR) is 87.4 cm³/mol. The highest BCUT2D eigenvalue weighted by Crippen LogP contribution is 2.33. The number of allylic oxidation sites excluding steroid dienone is 1. The summed E-state index contributed by atoms with van der Waals surface area (Å²) in [7, 11) is 0. The summed E-state index contributed by atoms with van der Waals surface area (Å²) in [5, 5.41) is 9.14. The zero-order valence-electron chi connectivity index (χ0n) is 14.0.